The quantitative estimate of drug-likeness (QED) is 0.891. The summed E-state index contributed by atoms with van der Waals surface area (Å²) >= 11 is 5.86. The largest absolute Gasteiger partial charge is 0.483 e. The van der Waals surface area contributed by atoms with Gasteiger partial charge in [-0.25, -0.2) is 0 Å². The van der Waals surface area contributed by atoms with Crippen LogP contribution in [-0.4, -0.2) is 30.5 Å². The Morgan fingerprint density at radius 2 is 2.17 bits per heavy atom. The molecule has 1 aromatic rings. The highest BCUT2D eigenvalue weighted by Crippen LogP contribution is 2.22. The third-order valence-corrected chi connectivity index (χ3v) is 3.00. The van der Waals surface area contributed by atoms with Gasteiger partial charge in [0, 0.05) is 30.2 Å². The van der Waals surface area contributed by atoms with Crippen LogP contribution in [0.1, 0.15) is 19.4 Å². The van der Waals surface area contributed by atoms with Gasteiger partial charge in [-0.3, -0.25) is 4.79 Å². The maximum atomic E-state index is 11.8. The van der Waals surface area contributed by atoms with Gasteiger partial charge in [-0.1, -0.05) is 11.6 Å². The predicted molar refractivity (Wildman–Crippen MR) is 72.7 cm³/mol. The number of amides is 1. The van der Waals surface area contributed by atoms with Gasteiger partial charge in [0.15, 0.2) is 6.61 Å². The van der Waals surface area contributed by atoms with Crippen molar-refractivity contribution >= 4 is 17.5 Å². The summed E-state index contributed by atoms with van der Waals surface area (Å²) in [6, 6.07) is 5.34. The third-order valence-electron chi connectivity index (χ3n) is 2.76. The molecule has 0 bridgehead atoms. The summed E-state index contributed by atoms with van der Waals surface area (Å²) in [6.45, 7) is 4.23. The fourth-order valence-corrected chi connectivity index (χ4v) is 1.57. The molecular weight excluding hydrogens is 252 g/mol. The zero-order chi connectivity index (χ0) is 13.7. The highest BCUT2D eigenvalue weighted by molar-refractivity contribution is 6.30. The van der Waals surface area contributed by atoms with Crippen molar-refractivity contribution in [3.8, 4) is 5.75 Å². The van der Waals surface area contributed by atoms with Gasteiger partial charge in [0.2, 0.25) is 0 Å². The molecule has 0 saturated carbocycles. The Hall–Kier alpha value is -1.26. The third kappa shape index (κ3) is 3.89. The SMILES string of the molecule is CC(C)N(C)C(=O)COc1ccc(Cl)cc1CN. The average Bonchev–Trinajstić information content (AvgIpc) is 2.35. The highest BCUT2D eigenvalue weighted by atomic mass is 35.5. The number of hydrogen-bond acceptors (Lipinski definition) is 3. The van der Waals surface area contributed by atoms with Crippen molar-refractivity contribution < 1.29 is 9.53 Å². The maximum absolute atomic E-state index is 11.8. The van der Waals surface area contributed by atoms with Crippen LogP contribution in [0.25, 0.3) is 0 Å². The van der Waals surface area contributed by atoms with E-state index in [-0.39, 0.29) is 18.6 Å². The van der Waals surface area contributed by atoms with Gasteiger partial charge in [0.05, 0.1) is 0 Å². The number of hydrogen-bond donors (Lipinski definition) is 1. The first-order valence-electron chi connectivity index (χ1n) is 5.82. The van der Waals surface area contributed by atoms with E-state index < -0.39 is 0 Å². The van der Waals surface area contributed by atoms with Crippen molar-refractivity contribution in [3.05, 3.63) is 28.8 Å². The monoisotopic (exact) mass is 270 g/mol. The molecule has 0 aliphatic rings. The molecule has 0 aliphatic heterocycles. The van der Waals surface area contributed by atoms with Crippen LogP contribution in [0.5, 0.6) is 5.75 Å². The van der Waals surface area contributed by atoms with Crippen LogP contribution in [0.2, 0.25) is 5.02 Å². The second kappa shape index (κ2) is 6.61. The van der Waals surface area contributed by atoms with Crippen molar-refractivity contribution in [2.45, 2.75) is 26.4 Å². The van der Waals surface area contributed by atoms with Gasteiger partial charge in [-0.05, 0) is 32.0 Å². The maximum Gasteiger partial charge on any atom is 0.260 e. The summed E-state index contributed by atoms with van der Waals surface area (Å²) in [7, 11) is 1.75. The van der Waals surface area contributed by atoms with Crippen molar-refractivity contribution in [2.24, 2.45) is 5.73 Å². The van der Waals surface area contributed by atoms with Gasteiger partial charge in [0.1, 0.15) is 5.75 Å². The first-order chi connectivity index (χ1) is 8.45. The van der Waals surface area contributed by atoms with Gasteiger partial charge >= 0.3 is 0 Å². The Labute approximate surface area is 113 Å². The van der Waals surface area contributed by atoms with E-state index in [0.717, 1.165) is 5.56 Å². The lowest BCUT2D eigenvalue weighted by atomic mass is 10.2. The summed E-state index contributed by atoms with van der Waals surface area (Å²) < 4.78 is 5.49. The van der Waals surface area contributed by atoms with Crippen molar-refractivity contribution in [3.63, 3.8) is 0 Å². The van der Waals surface area contributed by atoms with Gasteiger partial charge in [0.25, 0.3) is 5.91 Å². The second-order valence-corrected chi connectivity index (χ2v) is 4.78. The normalized spacial score (nSPS) is 10.6. The van der Waals surface area contributed by atoms with Gasteiger partial charge in [-0.2, -0.15) is 0 Å². The lowest BCUT2D eigenvalue weighted by Gasteiger charge is -2.21. The lowest BCUT2D eigenvalue weighted by molar-refractivity contribution is -0.133. The van der Waals surface area contributed by atoms with E-state index >= 15 is 0 Å². The minimum atomic E-state index is -0.0667. The van der Waals surface area contributed by atoms with E-state index in [4.69, 9.17) is 22.1 Å². The smallest absolute Gasteiger partial charge is 0.260 e. The fraction of sp³-hybridized carbons (Fsp3) is 0.462. The molecule has 2 N–H and O–H groups in total. The lowest BCUT2D eigenvalue weighted by Crippen LogP contribution is -2.36. The number of carbonyl (C=O) groups excluding carboxylic acids is 1. The van der Waals surface area contributed by atoms with E-state index in [1.165, 1.54) is 0 Å². The zero-order valence-electron chi connectivity index (χ0n) is 10.9. The molecule has 0 aromatic heterocycles. The molecule has 1 amide bonds. The minimum Gasteiger partial charge on any atom is -0.483 e. The van der Waals surface area contributed by atoms with Crippen molar-refractivity contribution in [1.82, 2.24) is 4.90 Å². The molecule has 0 spiro atoms. The molecule has 18 heavy (non-hydrogen) atoms. The van der Waals surface area contributed by atoms with E-state index in [0.29, 0.717) is 17.3 Å². The standard InChI is InChI=1S/C13H19ClN2O2/c1-9(2)16(3)13(17)8-18-12-5-4-11(14)6-10(12)7-15/h4-6,9H,7-8,15H2,1-3H3. The van der Waals surface area contributed by atoms with Crippen LogP contribution >= 0.6 is 11.6 Å². The molecule has 0 unspecified atom stereocenters. The Morgan fingerprint density at radius 1 is 1.50 bits per heavy atom. The molecule has 5 heteroatoms. The number of nitrogens with zero attached hydrogens (tertiary/aromatic N) is 1. The van der Waals surface area contributed by atoms with E-state index in [9.17, 15) is 4.79 Å². The van der Waals surface area contributed by atoms with Gasteiger partial charge < -0.3 is 15.4 Å². The minimum absolute atomic E-state index is 0.00329. The fourth-order valence-electron chi connectivity index (χ4n) is 1.38. The number of likely N-dealkylation sites (N-methyl/N-ethyl adjacent to an activating group) is 1. The predicted octanol–water partition coefficient (Wildman–Crippen LogP) is 2.04. The topological polar surface area (TPSA) is 55.6 Å². The molecule has 0 saturated heterocycles. The molecule has 1 rings (SSSR count). The molecule has 0 atom stereocenters. The van der Waals surface area contributed by atoms with Crippen LogP contribution in [0, 0.1) is 0 Å². The number of halogens is 1. The van der Waals surface area contributed by atoms with Crippen LogP contribution in [0.15, 0.2) is 18.2 Å². The first-order valence-corrected chi connectivity index (χ1v) is 6.20. The van der Waals surface area contributed by atoms with Crippen LogP contribution in [0.4, 0.5) is 0 Å². The molecule has 100 valence electrons. The second-order valence-electron chi connectivity index (χ2n) is 4.34. The van der Waals surface area contributed by atoms with Crippen LogP contribution in [-0.2, 0) is 11.3 Å². The number of rotatable bonds is 5. The Kier molecular flexibility index (Phi) is 5.44. The molecule has 0 heterocycles. The van der Waals surface area contributed by atoms with Crippen molar-refractivity contribution in [1.29, 1.82) is 0 Å². The molecule has 0 fully saturated rings. The summed E-state index contributed by atoms with van der Waals surface area (Å²) in [5.41, 5.74) is 6.39. The zero-order valence-corrected chi connectivity index (χ0v) is 11.7. The summed E-state index contributed by atoms with van der Waals surface area (Å²) in [5.74, 6) is 0.537. The number of carbonyl (C=O) groups is 1. The number of ether oxygens (including phenoxy) is 1. The first kappa shape index (κ1) is 14.8. The molecule has 4 nitrogen and oxygen atoms in total. The van der Waals surface area contributed by atoms with Crippen molar-refractivity contribution in [2.75, 3.05) is 13.7 Å². The van der Waals surface area contributed by atoms with E-state index in [1.807, 2.05) is 13.8 Å². The Balaban J connectivity index is 2.66. The average molecular weight is 271 g/mol. The van der Waals surface area contributed by atoms with Crippen LogP contribution < -0.4 is 10.5 Å². The summed E-state index contributed by atoms with van der Waals surface area (Å²) in [5, 5.41) is 0.605. The van der Waals surface area contributed by atoms with Gasteiger partial charge in [-0.15, -0.1) is 0 Å². The Morgan fingerprint density at radius 3 is 2.72 bits per heavy atom. The highest BCUT2D eigenvalue weighted by Gasteiger charge is 2.13. The summed E-state index contributed by atoms with van der Waals surface area (Å²) in [6.07, 6.45) is 0. The molecular formula is C13H19ClN2O2. The number of benzene rings is 1. The molecule has 0 aliphatic carbocycles. The number of nitrogens with two attached hydrogens (primary N) is 1. The van der Waals surface area contributed by atoms with Crippen LogP contribution in [0.3, 0.4) is 0 Å². The van der Waals surface area contributed by atoms with E-state index in [1.54, 1.807) is 30.1 Å². The molecule has 0 radical (unpaired) electrons. The summed E-state index contributed by atoms with van der Waals surface area (Å²) in [4.78, 5) is 13.4. The van der Waals surface area contributed by atoms with E-state index in [2.05, 4.69) is 0 Å². The molecule has 1 aromatic carbocycles. The Bertz CT molecular complexity index is 421.